The van der Waals surface area contributed by atoms with Gasteiger partial charge in [-0.05, 0) is 25.1 Å². The third-order valence-electron chi connectivity index (χ3n) is 2.93. The Morgan fingerprint density at radius 1 is 1.10 bits per heavy atom. The van der Waals surface area contributed by atoms with Crippen molar-refractivity contribution in [2.45, 2.75) is 6.92 Å². The van der Waals surface area contributed by atoms with Gasteiger partial charge in [0.05, 0.1) is 0 Å². The Kier molecular flexibility index (Phi) is 3.41. The van der Waals surface area contributed by atoms with Crippen LogP contribution in [0.5, 0.6) is 0 Å². The molecule has 5 heteroatoms. The summed E-state index contributed by atoms with van der Waals surface area (Å²) in [5.41, 5.74) is 1.01. The molecule has 0 radical (unpaired) electrons. The second-order valence-electron chi connectivity index (χ2n) is 4.32. The van der Waals surface area contributed by atoms with E-state index in [4.69, 9.17) is 0 Å². The minimum Gasteiger partial charge on any atom is -0.354 e. The maximum Gasteiger partial charge on any atom is 0.224 e. The smallest absolute Gasteiger partial charge is 0.224 e. The first kappa shape index (κ1) is 12.3. The van der Waals surface area contributed by atoms with Crippen LogP contribution in [0.25, 0.3) is 10.8 Å². The molecule has 3 rings (SSSR count). The van der Waals surface area contributed by atoms with Crippen molar-refractivity contribution < 1.29 is 0 Å². The molecule has 100 valence electrons. The quantitative estimate of drug-likeness (QED) is 0.758. The van der Waals surface area contributed by atoms with Gasteiger partial charge in [-0.15, -0.1) is 0 Å². The molecular weight excluding hydrogens is 250 g/mol. The van der Waals surface area contributed by atoms with Crippen molar-refractivity contribution in [1.82, 2.24) is 15.0 Å². The second-order valence-corrected chi connectivity index (χ2v) is 4.32. The number of hydrogen-bond acceptors (Lipinski definition) is 5. The van der Waals surface area contributed by atoms with Crippen LogP contribution < -0.4 is 10.6 Å². The van der Waals surface area contributed by atoms with Crippen molar-refractivity contribution in [3.8, 4) is 0 Å². The highest BCUT2D eigenvalue weighted by atomic mass is 15.1. The summed E-state index contributed by atoms with van der Waals surface area (Å²) in [4.78, 5) is 12.7. The second kappa shape index (κ2) is 5.52. The van der Waals surface area contributed by atoms with Crippen molar-refractivity contribution in [3.05, 3.63) is 48.9 Å². The lowest BCUT2D eigenvalue weighted by atomic mass is 10.1. The number of fused-ring (bicyclic) bond motifs is 1. The normalized spacial score (nSPS) is 10.4. The molecular formula is C15H15N5. The van der Waals surface area contributed by atoms with E-state index in [2.05, 4.69) is 25.6 Å². The van der Waals surface area contributed by atoms with Crippen LogP contribution in [0.1, 0.15) is 6.92 Å². The standard InChI is InChI=1S/C15H15N5/c1-2-17-15-18-9-7-14(20-15)19-13-5-3-4-11-10-16-8-6-12(11)13/h3-10H,2H2,1H3,(H2,17,18,19,20). The van der Waals surface area contributed by atoms with Crippen LogP contribution in [-0.4, -0.2) is 21.5 Å². The molecule has 0 aliphatic rings. The minimum atomic E-state index is 0.624. The highest BCUT2D eigenvalue weighted by molar-refractivity contribution is 5.94. The van der Waals surface area contributed by atoms with Gasteiger partial charge in [0.1, 0.15) is 5.82 Å². The zero-order valence-electron chi connectivity index (χ0n) is 11.2. The SMILES string of the molecule is CCNc1nccc(Nc2cccc3cnccc23)n1. The van der Waals surface area contributed by atoms with E-state index in [-0.39, 0.29) is 0 Å². The van der Waals surface area contributed by atoms with Gasteiger partial charge >= 0.3 is 0 Å². The zero-order chi connectivity index (χ0) is 13.8. The topological polar surface area (TPSA) is 62.7 Å². The number of nitrogens with zero attached hydrogens (tertiary/aromatic N) is 3. The van der Waals surface area contributed by atoms with Gasteiger partial charge in [0.15, 0.2) is 0 Å². The predicted molar refractivity (Wildman–Crippen MR) is 81.2 cm³/mol. The third-order valence-corrected chi connectivity index (χ3v) is 2.93. The van der Waals surface area contributed by atoms with Crippen LogP contribution in [0.4, 0.5) is 17.5 Å². The van der Waals surface area contributed by atoms with E-state index >= 15 is 0 Å². The first-order chi connectivity index (χ1) is 9.86. The summed E-state index contributed by atoms with van der Waals surface area (Å²) in [6.45, 7) is 2.81. The van der Waals surface area contributed by atoms with Crippen LogP contribution in [0.3, 0.4) is 0 Å². The summed E-state index contributed by atoms with van der Waals surface area (Å²) in [5.74, 6) is 1.39. The molecule has 0 aliphatic heterocycles. The van der Waals surface area contributed by atoms with Crippen LogP contribution in [0.15, 0.2) is 48.9 Å². The summed E-state index contributed by atoms with van der Waals surface area (Å²) in [5, 5.41) is 8.64. The highest BCUT2D eigenvalue weighted by Crippen LogP contribution is 2.24. The third kappa shape index (κ3) is 2.51. The number of hydrogen-bond donors (Lipinski definition) is 2. The maximum absolute atomic E-state index is 4.42. The Balaban J connectivity index is 1.95. The summed E-state index contributed by atoms with van der Waals surface area (Å²) in [6, 6.07) is 9.90. The summed E-state index contributed by atoms with van der Waals surface area (Å²) >= 11 is 0. The average molecular weight is 265 g/mol. The minimum absolute atomic E-state index is 0.624. The summed E-state index contributed by atoms with van der Waals surface area (Å²) < 4.78 is 0. The molecule has 0 spiro atoms. The lowest BCUT2D eigenvalue weighted by Gasteiger charge is -2.09. The van der Waals surface area contributed by atoms with E-state index in [0.29, 0.717) is 5.95 Å². The number of nitrogens with one attached hydrogen (secondary N) is 2. The predicted octanol–water partition coefficient (Wildman–Crippen LogP) is 3.20. The molecule has 1 aromatic carbocycles. The molecule has 0 unspecified atom stereocenters. The largest absolute Gasteiger partial charge is 0.354 e. The first-order valence-electron chi connectivity index (χ1n) is 6.53. The average Bonchev–Trinajstić information content (AvgIpc) is 2.48. The van der Waals surface area contributed by atoms with E-state index in [1.165, 1.54) is 0 Å². The van der Waals surface area contributed by atoms with E-state index in [1.54, 1.807) is 12.4 Å². The van der Waals surface area contributed by atoms with Crippen LogP contribution in [0.2, 0.25) is 0 Å². The van der Waals surface area contributed by atoms with Crippen molar-refractivity contribution in [2.24, 2.45) is 0 Å². The van der Waals surface area contributed by atoms with Crippen molar-refractivity contribution in [1.29, 1.82) is 0 Å². The molecule has 0 saturated carbocycles. The van der Waals surface area contributed by atoms with Gasteiger partial charge in [-0.3, -0.25) is 4.98 Å². The Bertz CT molecular complexity index is 721. The van der Waals surface area contributed by atoms with Crippen molar-refractivity contribution in [2.75, 3.05) is 17.2 Å². The summed E-state index contributed by atoms with van der Waals surface area (Å²) in [7, 11) is 0. The Labute approximate surface area is 117 Å². The molecule has 0 aliphatic carbocycles. The number of rotatable bonds is 4. The van der Waals surface area contributed by atoms with Gasteiger partial charge in [-0.25, -0.2) is 4.98 Å². The van der Waals surface area contributed by atoms with E-state index < -0.39 is 0 Å². The van der Waals surface area contributed by atoms with Crippen LogP contribution >= 0.6 is 0 Å². The van der Waals surface area contributed by atoms with Gasteiger partial charge in [0, 0.05) is 41.6 Å². The van der Waals surface area contributed by atoms with Crippen LogP contribution in [-0.2, 0) is 0 Å². The van der Waals surface area contributed by atoms with Gasteiger partial charge in [-0.2, -0.15) is 4.98 Å². The molecule has 0 atom stereocenters. The Morgan fingerprint density at radius 3 is 2.95 bits per heavy atom. The van der Waals surface area contributed by atoms with E-state index in [1.807, 2.05) is 43.5 Å². The molecule has 0 amide bonds. The fourth-order valence-corrected chi connectivity index (χ4v) is 2.04. The Morgan fingerprint density at radius 2 is 2.05 bits per heavy atom. The lowest BCUT2D eigenvalue weighted by Crippen LogP contribution is -2.03. The fourth-order valence-electron chi connectivity index (χ4n) is 2.04. The maximum atomic E-state index is 4.42. The molecule has 5 nitrogen and oxygen atoms in total. The van der Waals surface area contributed by atoms with Gasteiger partial charge in [0.2, 0.25) is 5.95 Å². The van der Waals surface area contributed by atoms with E-state index in [9.17, 15) is 0 Å². The van der Waals surface area contributed by atoms with Crippen LogP contribution in [0, 0.1) is 0 Å². The fraction of sp³-hybridized carbons (Fsp3) is 0.133. The van der Waals surface area contributed by atoms with Gasteiger partial charge in [-0.1, -0.05) is 12.1 Å². The first-order valence-corrected chi connectivity index (χ1v) is 6.53. The molecule has 3 aromatic rings. The molecule has 0 saturated heterocycles. The Hall–Kier alpha value is -2.69. The zero-order valence-corrected chi connectivity index (χ0v) is 11.2. The monoisotopic (exact) mass is 265 g/mol. The molecule has 0 fully saturated rings. The number of pyridine rings is 1. The van der Waals surface area contributed by atoms with Gasteiger partial charge in [0.25, 0.3) is 0 Å². The summed E-state index contributed by atoms with van der Waals surface area (Å²) in [6.07, 6.45) is 5.38. The molecule has 20 heavy (non-hydrogen) atoms. The highest BCUT2D eigenvalue weighted by Gasteiger charge is 2.03. The number of anilines is 3. The molecule has 2 heterocycles. The molecule has 2 aromatic heterocycles. The van der Waals surface area contributed by atoms with Crippen molar-refractivity contribution in [3.63, 3.8) is 0 Å². The molecule has 0 bridgehead atoms. The number of benzene rings is 1. The van der Waals surface area contributed by atoms with Crippen molar-refractivity contribution >= 4 is 28.2 Å². The van der Waals surface area contributed by atoms with E-state index in [0.717, 1.165) is 28.8 Å². The number of aromatic nitrogens is 3. The van der Waals surface area contributed by atoms with Gasteiger partial charge < -0.3 is 10.6 Å². The lowest BCUT2D eigenvalue weighted by molar-refractivity contribution is 1.09. The molecule has 2 N–H and O–H groups in total.